The summed E-state index contributed by atoms with van der Waals surface area (Å²) in [4.78, 5) is 23.3. The van der Waals surface area contributed by atoms with Crippen molar-refractivity contribution in [2.24, 2.45) is 0 Å². The standard InChI is InChI=1S/C21H28O5/c1-3-25-21(24)15(2)17-10-12-18(13-11-17)26-19(20(22)23)14-9-16-7-5-4-6-8-16/h7,10-13,15,19H,3-6,8-9,14H2,1-2H3,(H,22,23). The summed E-state index contributed by atoms with van der Waals surface area (Å²) < 4.78 is 10.7. The molecular weight excluding hydrogens is 332 g/mol. The Hall–Kier alpha value is -2.30. The molecule has 142 valence electrons. The van der Waals surface area contributed by atoms with Gasteiger partial charge in [0.1, 0.15) is 5.75 Å². The predicted molar refractivity (Wildman–Crippen MR) is 99.3 cm³/mol. The molecule has 0 saturated heterocycles. The number of hydrogen-bond acceptors (Lipinski definition) is 4. The number of allylic oxidation sites excluding steroid dienone is 2. The van der Waals surface area contributed by atoms with Crippen LogP contribution in [0.5, 0.6) is 5.75 Å². The number of aliphatic carboxylic acids is 1. The van der Waals surface area contributed by atoms with Gasteiger partial charge in [-0.25, -0.2) is 4.79 Å². The van der Waals surface area contributed by atoms with Crippen molar-refractivity contribution < 1.29 is 24.2 Å². The number of rotatable bonds is 9. The summed E-state index contributed by atoms with van der Waals surface area (Å²) in [6.07, 6.45) is 7.14. The quantitative estimate of drug-likeness (QED) is 0.520. The van der Waals surface area contributed by atoms with Crippen molar-refractivity contribution in [2.75, 3.05) is 6.61 Å². The summed E-state index contributed by atoms with van der Waals surface area (Å²) in [5.74, 6) is -1.09. The summed E-state index contributed by atoms with van der Waals surface area (Å²) in [5.41, 5.74) is 2.15. The van der Waals surface area contributed by atoms with Gasteiger partial charge in [0.15, 0.2) is 6.10 Å². The Morgan fingerprint density at radius 2 is 1.92 bits per heavy atom. The molecule has 2 unspecified atom stereocenters. The van der Waals surface area contributed by atoms with E-state index in [1.807, 2.05) is 0 Å². The number of hydrogen-bond donors (Lipinski definition) is 1. The number of carboxylic acids is 1. The minimum atomic E-state index is -0.953. The van der Waals surface area contributed by atoms with Gasteiger partial charge in [0.05, 0.1) is 12.5 Å². The van der Waals surface area contributed by atoms with Crippen molar-refractivity contribution in [3.05, 3.63) is 41.5 Å². The first kappa shape index (κ1) is 20.0. The highest BCUT2D eigenvalue weighted by Gasteiger charge is 2.21. The van der Waals surface area contributed by atoms with E-state index in [4.69, 9.17) is 9.47 Å². The Morgan fingerprint density at radius 1 is 1.19 bits per heavy atom. The molecule has 1 aromatic carbocycles. The lowest BCUT2D eigenvalue weighted by molar-refractivity contribution is -0.145. The summed E-state index contributed by atoms with van der Waals surface area (Å²) in [5, 5.41) is 9.43. The van der Waals surface area contributed by atoms with Crippen molar-refractivity contribution in [1.29, 1.82) is 0 Å². The van der Waals surface area contributed by atoms with Gasteiger partial charge in [-0.15, -0.1) is 0 Å². The number of carbonyl (C=O) groups is 2. The fourth-order valence-electron chi connectivity index (χ4n) is 3.08. The summed E-state index contributed by atoms with van der Waals surface area (Å²) >= 11 is 0. The second kappa shape index (κ2) is 10.00. The van der Waals surface area contributed by atoms with Crippen LogP contribution in [-0.4, -0.2) is 29.8 Å². The molecule has 2 rings (SSSR count). The molecule has 0 aliphatic heterocycles. The molecule has 1 N–H and O–H groups in total. The smallest absolute Gasteiger partial charge is 0.344 e. The lowest BCUT2D eigenvalue weighted by Crippen LogP contribution is -2.27. The summed E-state index contributed by atoms with van der Waals surface area (Å²) in [6.45, 7) is 3.91. The maximum atomic E-state index is 11.8. The summed E-state index contributed by atoms with van der Waals surface area (Å²) in [7, 11) is 0. The van der Waals surface area contributed by atoms with Gasteiger partial charge in [0, 0.05) is 0 Å². The van der Waals surface area contributed by atoms with E-state index in [-0.39, 0.29) is 11.9 Å². The van der Waals surface area contributed by atoms with Gasteiger partial charge >= 0.3 is 11.9 Å². The van der Waals surface area contributed by atoms with Crippen LogP contribution < -0.4 is 4.74 Å². The van der Waals surface area contributed by atoms with Gasteiger partial charge < -0.3 is 14.6 Å². The molecular formula is C21H28O5. The highest BCUT2D eigenvalue weighted by atomic mass is 16.5. The maximum absolute atomic E-state index is 11.8. The molecule has 0 saturated carbocycles. The Kier molecular flexibility index (Phi) is 7.70. The van der Waals surface area contributed by atoms with E-state index < -0.39 is 12.1 Å². The van der Waals surface area contributed by atoms with E-state index in [0.29, 0.717) is 18.8 Å². The van der Waals surface area contributed by atoms with Gasteiger partial charge in [-0.1, -0.05) is 23.8 Å². The van der Waals surface area contributed by atoms with Crippen molar-refractivity contribution >= 4 is 11.9 Å². The minimum absolute atomic E-state index is 0.273. The molecule has 1 aromatic rings. The van der Waals surface area contributed by atoms with E-state index in [2.05, 4.69) is 6.08 Å². The molecule has 0 fully saturated rings. The molecule has 0 heterocycles. The highest BCUT2D eigenvalue weighted by Crippen LogP contribution is 2.25. The molecule has 1 aliphatic rings. The van der Waals surface area contributed by atoms with Gasteiger partial charge in [0.25, 0.3) is 0 Å². The summed E-state index contributed by atoms with van der Waals surface area (Å²) in [6, 6.07) is 6.97. The van der Waals surface area contributed by atoms with Crippen LogP contribution in [0.2, 0.25) is 0 Å². The molecule has 0 aromatic heterocycles. The van der Waals surface area contributed by atoms with Crippen LogP contribution in [0.25, 0.3) is 0 Å². The first-order chi connectivity index (χ1) is 12.5. The SMILES string of the molecule is CCOC(=O)C(C)c1ccc(OC(CCC2=CCCCC2)C(=O)O)cc1. The molecule has 0 radical (unpaired) electrons. The number of ether oxygens (including phenoxy) is 2. The van der Waals surface area contributed by atoms with E-state index in [1.165, 1.54) is 18.4 Å². The monoisotopic (exact) mass is 360 g/mol. The molecule has 5 nitrogen and oxygen atoms in total. The zero-order valence-electron chi connectivity index (χ0n) is 15.6. The van der Waals surface area contributed by atoms with Gasteiger partial charge in [-0.3, -0.25) is 4.79 Å². The van der Waals surface area contributed by atoms with Crippen LogP contribution in [0.1, 0.15) is 63.9 Å². The van der Waals surface area contributed by atoms with E-state index >= 15 is 0 Å². The molecule has 5 heteroatoms. The molecule has 0 bridgehead atoms. The van der Waals surface area contributed by atoms with Crippen molar-refractivity contribution in [2.45, 2.75) is 64.4 Å². The van der Waals surface area contributed by atoms with Gasteiger partial charge in [-0.05, 0) is 70.1 Å². The highest BCUT2D eigenvalue weighted by molar-refractivity contribution is 5.77. The minimum Gasteiger partial charge on any atom is -0.479 e. The Balaban J connectivity index is 1.94. The Labute approximate surface area is 155 Å². The van der Waals surface area contributed by atoms with E-state index in [1.54, 1.807) is 38.1 Å². The third-order valence-corrected chi connectivity index (χ3v) is 4.69. The van der Waals surface area contributed by atoms with Crippen LogP contribution in [0.15, 0.2) is 35.9 Å². The van der Waals surface area contributed by atoms with Crippen LogP contribution in [0, 0.1) is 0 Å². The number of esters is 1. The fourth-order valence-corrected chi connectivity index (χ4v) is 3.08. The third-order valence-electron chi connectivity index (χ3n) is 4.69. The molecule has 0 spiro atoms. The third kappa shape index (κ3) is 5.90. The van der Waals surface area contributed by atoms with Gasteiger partial charge in [-0.2, -0.15) is 0 Å². The number of carbonyl (C=O) groups excluding carboxylic acids is 1. The average Bonchev–Trinajstić information content (AvgIpc) is 2.65. The zero-order valence-corrected chi connectivity index (χ0v) is 15.6. The van der Waals surface area contributed by atoms with Crippen LogP contribution in [-0.2, 0) is 14.3 Å². The van der Waals surface area contributed by atoms with Crippen molar-refractivity contribution in [3.63, 3.8) is 0 Å². The predicted octanol–water partition coefficient (Wildman–Crippen LogP) is 4.47. The molecule has 0 amide bonds. The lowest BCUT2D eigenvalue weighted by atomic mass is 9.95. The van der Waals surface area contributed by atoms with Crippen molar-refractivity contribution in [3.8, 4) is 5.75 Å². The first-order valence-corrected chi connectivity index (χ1v) is 9.35. The molecule has 26 heavy (non-hydrogen) atoms. The normalized spacial score (nSPS) is 16.3. The fraction of sp³-hybridized carbons (Fsp3) is 0.524. The average molecular weight is 360 g/mol. The Bertz CT molecular complexity index is 632. The van der Waals surface area contributed by atoms with Crippen LogP contribution in [0.3, 0.4) is 0 Å². The van der Waals surface area contributed by atoms with Gasteiger partial charge in [0.2, 0.25) is 0 Å². The number of carboxylic acid groups (broad SMARTS) is 1. The molecule has 2 atom stereocenters. The molecule has 1 aliphatic carbocycles. The van der Waals surface area contributed by atoms with E-state index in [9.17, 15) is 14.7 Å². The zero-order chi connectivity index (χ0) is 18.9. The first-order valence-electron chi connectivity index (χ1n) is 9.35. The largest absolute Gasteiger partial charge is 0.479 e. The number of benzene rings is 1. The van der Waals surface area contributed by atoms with Crippen molar-refractivity contribution in [1.82, 2.24) is 0 Å². The second-order valence-electron chi connectivity index (χ2n) is 6.63. The second-order valence-corrected chi connectivity index (χ2v) is 6.63. The van der Waals surface area contributed by atoms with Crippen LogP contribution >= 0.6 is 0 Å². The topological polar surface area (TPSA) is 72.8 Å². The maximum Gasteiger partial charge on any atom is 0.344 e. The van der Waals surface area contributed by atoms with Crippen LogP contribution in [0.4, 0.5) is 0 Å². The lowest BCUT2D eigenvalue weighted by Gasteiger charge is -2.18. The Morgan fingerprint density at radius 3 is 2.50 bits per heavy atom. The van der Waals surface area contributed by atoms with E-state index in [0.717, 1.165) is 24.8 Å².